The summed E-state index contributed by atoms with van der Waals surface area (Å²) in [7, 11) is -3.85. The molecule has 0 bridgehead atoms. The van der Waals surface area contributed by atoms with Gasteiger partial charge in [-0.1, -0.05) is 39.7 Å². The number of hydrogen-bond donors (Lipinski definition) is 1. The van der Waals surface area contributed by atoms with E-state index >= 15 is 0 Å². The topological polar surface area (TPSA) is 49.4 Å². The van der Waals surface area contributed by atoms with Crippen molar-refractivity contribution in [1.29, 1.82) is 0 Å². The predicted octanol–water partition coefficient (Wildman–Crippen LogP) is 5.06. The lowest BCUT2D eigenvalue weighted by Crippen LogP contribution is -2.44. The highest BCUT2D eigenvalue weighted by molar-refractivity contribution is 9.10. The van der Waals surface area contributed by atoms with Crippen LogP contribution in [0.2, 0.25) is 5.02 Å². The zero-order valence-corrected chi connectivity index (χ0v) is 16.8. The van der Waals surface area contributed by atoms with Crippen LogP contribution in [0.5, 0.6) is 0 Å². The zero-order valence-electron chi connectivity index (χ0n) is 13.6. The van der Waals surface area contributed by atoms with Crippen LogP contribution in [0.3, 0.4) is 0 Å². The number of nitrogens with one attached hydrogen (secondary N) is 1. The quantitative estimate of drug-likeness (QED) is 0.667. The fourth-order valence-corrected chi connectivity index (χ4v) is 4.36. The molecule has 10 heteroatoms. The van der Waals surface area contributed by atoms with E-state index in [1.54, 1.807) is 18.2 Å². The van der Waals surface area contributed by atoms with Crippen LogP contribution in [-0.4, -0.2) is 19.4 Å². The molecule has 3 rings (SSSR count). The van der Waals surface area contributed by atoms with E-state index in [-0.39, 0.29) is 22.7 Å². The molecule has 2 aromatic carbocycles. The van der Waals surface area contributed by atoms with E-state index in [0.717, 1.165) is 21.0 Å². The molecular weight excluding hydrogens is 469 g/mol. The third-order valence-electron chi connectivity index (χ3n) is 3.91. The summed E-state index contributed by atoms with van der Waals surface area (Å²) in [5.41, 5.74) is 2.20. The normalized spacial score (nSPS) is 16.0. The van der Waals surface area contributed by atoms with Crippen molar-refractivity contribution < 1.29 is 21.6 Å². The van der Waals surface area contributed by atoms with Crippen molar-refractivity contribution in [3.8, 4) is 0 Å². The lowest BCUT2D eigenvalue weighted by molar-refractivity contribution is -0.137. The Hall–Kier alpha value is -1.55. The number of alkyl halides is 3. The van der Waals surface area contributed by atoms with Crippen molar-refractivity contribution >= 4 is 43.3 Å². The molecule has 144 valence electrons. The molecule has 0 spiro atoms. The third-order valence-corrected chi connectivity index (χ3v) is 6.49. The molecule has 0 saturated heterocycles. The van der Waals surface area contributed by atoms with Gasteiger partial charge in [0.25, 0.3) is 10.0 Å². The van der Waals surface area contributed by atoms with E-state index in [0.29, 0.717) is 6.42 Å². The van der Waals surface area contributed by atoms with Crippen LogP contribution >= 0.6 is 27.5 Å². The standard InChI is InChI=1S/C17H13BrClF3N2O2S/c18-12-4-6-13(7-5-12)27(25,26)24-9-1-2-16(23-24)11-3-8-15(19)14(10-11)17(20,21)22/h2-8,10,23H,1,9H2. The first-order valence-electron chi connectivity index (χ1n) is 7.71. The second-order valence-corrected chi connectivity index (χ2v) is 8.93. The molecule has 1 aliphatic heterocycles. The van der Waals surface area contributed by atoms with Gasteiger partial charge < -0.3 is 5.43 Å². The first kappa shape index (κ1) is 20.2. The molecule has 0 aromatic heterocycles. The monoisotopic (exact) mass is 480 g/mol. The summed E-state index contributed by atoms with van der Waals surface area (Å²) in [5.74, 6) is 0. The number of nitrogens with zero attached hydrogens (tertiary/aromatic N) is 1. The van der Waals surface area contributed by atoms with Crippen molar-refractivity contribution in [2.45, 2.75) is 17.5 Å². The molecule has 0 aliphatic carbocycles. The minimum Gasteiger partial charge on any atom is -0.305 e. The van der Waals surface area contributed by atoms with Gasteiger partial charge in [-0.25, -0.2) is 8.42 Å². The van der Waals surface area contributed by atoms with Gasteiger partial charge in [0, 0.05) is 11.0 Å². The van der Waals surface area contributed by atoms with E-state index in [1.807, 2.05) is 0 Å². The predicted molar refractivity (Wildman–Crippen MR) is 100 cm³/mol. The summed E-state index contributed by atoms with van der Waals surface area (Å²) in [5, 5.41) is -0.415. The average Bonchev–Trinajstić information content (AvgIpc) is 2.61. The first-order valence-corrected chi connectivity index (χ1v) is 10.3. The van der Waals surface area contributed by atoms with Crippen LogP contribution in [0.1, 0.15) is 17.5 Å². The maximum absolute atomic E-state index is 13.1. The summed E-state index contributed by atoms with van der Waals surface area (Å²) in [6.07, 6.45) is -2.61. The minimum absolute atomic E-state index is 0.0755. The van der Waals surface area contributed by atoms with Gasteiger partial charge in [0.15, 0.2) is 0 Å². The summed E-state index contributed by atoms with van der Waals surface area (Å²) >= 11 is 8.88. The smallest absolute Gasteiger partial charge is 0.305 e. The van der Waals surface area contributed by atoms with Gasteiger partial charge in [0.05, 0.1) is 21.2 Å². The van der Waals surface area contributed by atoms with Crippen molar-refractivity contribution in [1.82, 2.24) is 9.84 Å². The Morgan fingerprint density at radius 1 is 1.11 bits per heavy atom. The summed E-state index contributed by atoms with van der Waals surface area (Å²) < 4.78 is 66.5. The summed E-state index contributed by atoms with van der Waals surface area (Å²) in [6.45, 7) is 0.154. The maximum Gasteiger partial charge on any atom is 0.417 e. The molecule has 0 saturated carbocycles. The Balaban J connectivity index is 1.91. The zero-order chi connectivity index (χ0) is 19.8. The lowest BCUT2D eigenvalue weighted by Gasteiger charge is -2.29. The Kier molecular flexibility index (Phi) is 5.58. The maximum atomic E-state index is 13.1. The number of hydrogen-bond acceptors (Lipinski definition) is 3. The summed E-state index contributed by atoms with van der Waals surface area (Å²) in [6, 6.07) is 9.55. The number of benzene rings is 2. The van der Waals surface area contributed by atoms with Gasteiger partial charge in [-0.2, -0.15) is 13.2 Å². The Morgan fingerprint density at radius 3 is 2.41 bits per heavy atom. The second-order valence-electron chi connectivity index (χ2n) is 5.74. The molecule has 1 heterocycles. The van der Waals surface area contributed by atoms with Crippen LogP contribution < -0.4 is 5.43 Å². The molecule has 0 amide bonds. The van der Waals surface area contributed by atoms with Gasteiger partial charge in [-0.3, -0.25) is 0 Å². The molecule has 4 nitrogen and oxygen atoms in total. The SMILES string of the molecule is O=S(=O)(c1ccc(Br)cc1)N1CCC=C(c2ccc(Cl)c(C(F)(F)F)c2)N1. The molecule has 0 unspecified atom stereocenters. The highest BCUT2D eigenvalue weighted by atomic mass is 79.9. The Morgan fingerprint density at radius 2 is 1.78 bits per heavy atom. The van der Waals surface area contributed by atoms with E-state index < -0.39 is 26.8 Å². The molecule has 27 heavy (non-hydrogen) atoms. The fraction of sp³-hybridized carbons (Fsp3) is 0.176. The van der Waals surface area contributed by atoms with Crippen molar-refractivity contribution in [2.75, 3.05) is 6.54 Å². The molecular formula is C17H13BrClF3N2O2S. The lowest BCUT2D eigenvalue weighted by atomic mass is 10.1. The molecule has 1 N–H and O–H groups in total. The van der Waals surface area contributed by atoms with Crippen molar-refractivity contribution in [3.05, 3.63) is 69.2 Å². The fourth-order valence-electron chi connectivity index (χ4n) is 2.57. The minimum atomic E-state index is -4.61. The number of rotatable bonds is 3. The largest absolute Gasteiger partial charge is 0.417 e. The van der Waals surface area contributed by atoms with Gasteiger partial charge in [0.2, 0.25) is 0 Å². The Labute approximate surface area is 167 Å². The van der Waals surface area contributed by atoms with Gasteiger partial charge >= 0.3 is 6.18 Å². The van der Waals surface area contributed by atoms with E-state index in [4.69, 9.17) is 11.6 Å². The molecule has 2 aromatic rings. The van der Waals surface area contributed by atoms with Crippen LogP contribution in [0.15, 0.2) is 57.9 Å². The van der Waals surface area contributed by atoms with Gasteiger partial charge in [-0.15, -0.1) is 4.41 Å². The van der Waals surface area contributed by atoms with Crippen molar-refractivity contribution in [2.24, 2.45) is 0 Å². The highest BCUT2D eigenvalue weighted by Crippen LogP contribution is 2.36. The van der Waals surface area contributed by atoms with Crippen LogP contribution in [-0.2, 0) is 16.2 Å². The number of hydrazine groups is 1. The van der Waals surface area contributed by atoms with Gasteiger partial charge in [0.1, 0.15) is 0 Å². The van der Waals surface area contributed by atoms with Crippen LogP contribution in [0.4, 0.5) is 13.2 Å². The van der Waals surface area contributed by atoms with Crippen LogP contribution in [0.25, 0.3) is 5.70 Å². The third kappa shape index (κ3) is 4.31. The van der Waals surface area contributed by atoms with E-state index in [9.17, 15) is 21.6 Å². The number of halogens is 5. The Bertz CT molecular complexity index is 992. The van der Waals surface area contributed by atoms with Crippen molar-refractivity contribution in [3.63, 3.8) is 0 Å². The van der Waals surface area contributed by atoms with E-state index in [1.165, 1.54) is 18.2 Å². The molecule has 0 atom stereocenters. The average molecular weight is 482 g/mol. The summed E-state index contributed by atoms with van der Waals surface area (Å²) in [4.78, 5) is 0.0755. The van der Waals surface area contributed by atoms with E-state index in [2.05, 4.69) is 21.4 Å². The van der Waals surface area contributed by atoms with Crippen LogP contribution in [0, 0.1) is 0 Å². The molecule has 1 aliphatic rings. The molecule has 0 fully saturated rings. The molecule has 0 radical (unpaired) electrons. The van der Waals surface area contributed by atoms with Gasteiger partial charge in [-0.05, 0) is 48.4 Å². The highest BCUT2D eigenvalue weighted by Gasteiger charge is 2.34. The first-order chi connectivity index (χ1) is 12.6. The number of sulfonamides is 1. The second kappa shape index (κ2) is 7.46.